The number of anilines is 1. The number of nitrogens with zero attached hydrogens (tertiary/aromatic N) is 2. The summed E-state index contributed by atoms with van der Waals surface area (Å²) in [4.78, 5) is 7.93. The Kier molecular flexibility index (Phi) is 5.33. The highest BCUT2D eigenvalue weighted by Gasteiger charge is 2.29. The molecule has 7 heteroatoms. The van der Waals surface area contributed by atoms with Crippen molar-refractivity contribution in [2.45, 2.75) is 19.4 Å². The largest absolute Gasteiger partial charge is 0.497 e. The van der Waals surface area contributed by atoms with Gasteiger partial charge in [0.25, 0.3) is 5.92 Å². The van der Waals surface area contributed by atoms with Gasteiger partial charge in [-0.1, -0.05) is 6.58 Å². The van der Waals surface area contributed by atoms with Crippen molar-refractivity contribution in [3.8, 4) is 11.5 Å². The molecule has 0 spiro atoms. The van der Waals surface area contributed by atoms with Crippen molar-refractivity contribution in [3.63, 3.8) is 0 Å². The molecular weight excluding hydrogens is 316 g/mol. The van der Waals surface area contributed by atoms with Gasteiger partial charge in [-0.05, 0) is 18.2 Å². The lowest BCUT2D eigenvalue weighted by atomic mass is 10.2. The lowest BCUT2D eigenvalue weighted by molar-refractivity contribution is 0.0122. The second-order valence-corrected chi connectivity index (χ2v) is 5.11. The van der Waals surface area contributed by atoms with E-state index in [-0.39, 0.29) is 5.69 Å². The molecule has 0 radical (unpaired) electrons. The topological polar surface area (TPSA) is 56.3 Å². The Morgan fingerprint density at radius 2 is 2.04 bits per heavy atom. The summed E-state index contributed by atoms with van der Waals surface area (Å²) in [7, 11) is 3.14. The molecule has 0 aliphatic carbocycles. The summed E-state index contributed by atoms with van der Waals surface area (Å²) in [5.74, 6) is -1.38. The van der Waals surface area contributed by atoms with Crippen LogP contribution in [0.4, 0.5) is 14.6 Å². The van der Waals surface area contributed by atoms with Gasteiger partial charge in [0.2, 0.25) is 0 Å². The van der Waals surface area contributed by atoms with E-state index in [1.165, 1.54) is 12.3 Å². The maximum atomic E-state index is 13.5. The zero-order valence-corrected chi connectivity index (χ0v) is 13.8. The Morgan fingerprint density at radius 3 is 2.62 bits per heavy atom. The van der Waals surface area contributed by atoms with Crippen LogP contribution < -0.4 is 14.8 Å². The SMILES string of the molecule is C=Cc1nc(NCc2ccc(OC)cc2OC)cnc1C(C)(F)F. The standard InChI is InChI=1S/C17H19F2N3O2/c1-5-13-16(17(2,18)19)21-10-15(22-13)20-9-11-6-7-12(23-3)8-14(11)24-4/h5-8,10H,1,9H2,2-4H3,(H,20,22). The predicted octanol–water partition coefficient (Wildman–Crippen LogP) is 3.86. The van der Waals surface area contributed by atoms with Crippen LogP contribution >= 0.6 is 0 Å². The number of hydrogen-bond donors (Lipinski definition) is 1. The van der Waals surface area contributed by atoms with E-state index in [2.05, 4.69) is 21.9 Å². The zero-order chi connectivity index (χ0) is 17.7. The minimum absolute atomic E-state index is 0.0502. The van der Waals surface area contributed by atoms with Crippen LogP contribution in [0.5, 0.6) is 11.5 Å². The fourth-order valence-corrected chi connectivity index (χ4v) is 2.15. The highest BCUT2D eigenvalue weighted by Crippen LogP contribution is 2.29. The summed E-state index contributed by atoms with van der Waals surface area (Å²) in [5.41, 5.74) is 0.518. The predicted molar refractivity (Wildman–Crippen MR) is 88.6 cm³/mol. The van der Waals surface area contributed by atoms with Crippen LogP contribution in [-0.2, 0) is 12.5 Å². The molecule has 24 heavy (non-hydrogen) atoms. The Morgan fingerprint density at radius 1 is 1.29 bits per heavy atom. The summed E-state index contributed by atoms with van der Waals surface area (Å²) in [5, 5.41) is 3.04. The van der Waals surface area contributed by atoms with Crippen molar-refractivity contribution in [1.82, 2.24) is 9.97 Å². The molecule has 1 N–H and O–H groups in total. The van der Waals surface area contributed by atoms with Gasteiger partial charge in [0.1, 0.15) is 23.0 Å². The summed E-state index contributed by atoms with van der Waals surface area (Å²) >= 11 is 0. The molecule has 5 nitrogen and oxygen atoms in total. The molecule has 0 amide bonds. The van der Waals surface area contributed by atoms with Crippen LogP contribution in [0.15, 0.2) is 31.0 Å². The van der Waals surface area contributed by atoms with Gasteiger partial charge in [-0.25, -0.2) is 9.97 Å². The average molecular weight is 335 g/mol. The van der Waals surface area contributed by atoms with Crippen molar-refractivity contribution < 1.29 is 18.3 Å². The molecule has 2 rings (SSSR count). The van der Waals surface area contributed by atoms with Crippen molar-refractivity contribution in [1.29, 1.82) is 0 Å². The summed E-state index contributed by atoms with van der Waals surface area (Å²) in [6, 6.07) is 5.42. The van der Waals surface area contributed by atoms with Gasteiger partial charge in [-0.3, -0.25) is 0 Å². The Balaban J connectivity index is 2.19. The molecule has 0 aliphatic rings. The second kappa shape index (κ2) is 7.25. The molecular formula is C17H19F2N3O2. The number of ether oxygens (including phenoxy) is 2. The lowest BCUT2D eigenvalue weighted by Gasteiger charge is -2.14. The molecule has 0 fully saturated rings. The van der Waals surface area contributed by atoms with E-state index in [0.717, 1.165) is 12.5 Å². The van der Waals surface area contributed by atoms with Gasteiger partial charge in [0, 0.05) is 25.1 Å². The van der Waals surface area contributed by atoms with Crippen LogP contribution in [0.25, 0.3) is 6.08 Å². The first-order valence-electron chi connectivity index (χ1n) is 7.21. The van der Waals surface area contributed by atoms with Crippen molar-refractivity contribution >= 4 is 11.9 Å². The number of rotatable bonds is 7. The fourth-order valence-electron chi connectivity index (χ4n) is 2.15. The molecule has 1 aromatic heterocycles. The molecule has 0 unspecified atom stereocenters. The fraction of sp³-hybridized carbons (Fsp3) is 0.294. The minimum atomic E-state index is -3.08. The van der Waals surface area contributed by atoms with Crippen molar-refractivity contribution in [2.75, 3.05) is 19.5 Å². The first-order chi connectivity index (χ1) is 11.4. The van der Waals surface area contributed by atoms with Gasteiger partial charge in [0.05, 0.1) is 26.1 Å². The highest BCUT2D eigenvalue weighted by atomic mass is 19.3. The first-order valence-corrected chi connectivity index (χ1v) is 7.21. The molecule has 1 heterocycles. The van der Waals surface area contributed by atoms with Crippen molar-refractivity contribution in [2.24, 2.45) is 0 Å². The van der Waals surface area contributed by atoms with Gasteiger partial charge < -0.3 is 14.8 Å². The number of benzene rings is 1. The molecule has 0 atom stereocenters. The molecule has 2 aromatic rings. The Hall–Kier alpha value is -2.70. The second-order valence-electron chi connectivity index (χ2n) is 5.11. The van der Waals surface area contributed by atoms with E-state index in [4.69, 9.17) is 9.47 Å². The van der Waals surface area contributed by atoms with E-state index in [1.54, 1.807) is 26.4 Å². The van der Waals surface area contributed by atoms with E-state index in [1.807, 2.05) is 6.07 Å². The molecule has 0 saturated heterocycles. The van der Waals surface area contributed by atoms with Crippen LogP contribution in [0.2, 0.25) is 0 Å². The summed E-state index contributed by atoms with van der Waals surface area (Å²) in [6.07, 6.45) is 2.54. The van der Waals surface area contributed by atoms with Crippen LogP contribution in [0.1, 0.15) is 23.9 Å². The van der Waals surface area contributed by atoms with Gasteiger partial charge in [-0.15, -0.1) is 0 Å². The van der Waals surface area contributed by atoms with E-state index < -0.39 is 11.6 Å². The smallest absolute Gasteiger partial charge is 0.289 e. The lowest BCUT2D eigenvalue weighted by Crippen LogP contribution is -2.14. The number of nitrogens with one attached hydrogen (secondary N) is 1. The quantitative estimate of drug-likeness (QED) is 0.833. The molecule has 0 bridgehead atoms. The van der Waals surface area contributed by atoms with E-state index in [9.17, 15) is 8.78 Å². The van der Waals surface area contributed by atoms with Gasteiger partial charge in [-0.2, -0.15) is 8.78 Å². The third kappa shape index (κ3) is 3.98. The van der Waals surface area contributed by atoms with Gasteiger partial charge in [0.15, 0.2) is 0 Å². The third-order valence-corrected chi connectivity index (χ3v) is 3.36. The maximum Gasteiger partial charge on any atom is 0.289 e. The van der Waals surface area contributed by atoms with E-state index in [0.29, 0.717) is 23.9 Å². The average Bonchev–Trinajstić information content (AvgIpc) is 2.58. The van der Waals surface area contributed by atoms with Crippen LogP contribution in [0, 0.1) is 0 Å². The number of halogens is 2. The zero-order valence-electron chi connectivity index (χ0n) is 13.8. The molecule has 0 aliphatic heterocycles. The number of aromatic nitrogens is 2. The Labute approximate surface area is 139 Å². The summed E-state index contributed by atoms with van der Waals surface area (Å²) < 4.78 is 37.4. The van der Waals surface area contributed by atoms with Crippen LogP contribution in [-0.4, -0.2) is 24.2 Å². The number of alkyl halides is 2. The van der Waals surface area contributed by atoms with E-state index >= 15 is 0 Å². The van der Waals surface area contributed by atoms with Crippen LogP contribution in [0.3, 0.4) is 0 Å². The molecule has 0 saturated carbocycles. The number of hydrogen-bond acceptors (Lipinski definition) is 5. The monoisotopic (exact) mass is 335 g/mol. The highest BCUT2D eigenvalue weighted by molar-refractivity contribution is 5.50. The van der Waals surface area contributed by atoms with Gasteiger partial charge >= 0.3 is 0 Å². The molecule has 128 valence electrons. The Bertz CT molecular complexity index is 730. The normalized spacial score (nSPS) is 11.0. The first kappa shape index (κ1) is 17.7. The third-order valence-electron chi connectivity index (χ3n) is 3.36. The van der Waals surface area contributed by atoms with Crippen molar-refractivity contribution in [3.05, 3.63) is 47.9 Å². The number of methoxy groups -OCH3 is 2. The molecule has 1 aromatic carbocycles. The summed E-state index contributed by atoms with van der Waals surface area (Å²) in [6.45, 7) is 4.68. The maximum absolute atomic E-state index is 13.5. The minimum Gasteiger partial charge on any atom is -0.497 e.